The monoisotopic (exact) mass is 256 g/mol. The minimum atomic E-state index is -0.0627. The second-order valence-electron chi connectivity index (χ2n) is 3.45. The summed E-state index contributed by atoms with van der Waals surface area (Å²) >= 11 is 6.83. The van der Waals surface area contributed by atoms with E-state index in [2.05, 4.69) is 15.6 Å². The van der Waals surface area contributed by atoms with Crippen LogP contribution in [0.2, 0.25) is 5.15 Å². The van der Waals surface area contributed by atoms with Gasteiger partial charge in [0.25, 0.3) is 0 Å². The lowest BCUT2D eigenvalue weighted by Crippen LogP contribution is -2.31. The number of nitriles is 1. The lowest BCUT2D eigenvalue weighted by atomic mass is 10.5. The van der Waals surface area contributed by atoms with E-state index in [1.165, 1.54) is 0 Å². The Morgan fingerprint density at radius 2 is 2.44 bits per heavy atom. The number of nitrogens with zero attached hydrogens (tertiary/aromatic N) is 2. The molecule has 1 amide bonds. The molecule has 1 aromatic rings. The van der Waals surface area contributed by atoms with Gasteiger partial charge in [0.1, 0.15) is 10.9 Å². The highest BCUT2D eigenvalue weighted by Gasteiger charge is 2.23. The molecule has 2 rings (SSSR count). The lowest BCUT2D eigenvalue weighted by molar-refractivity contribution is -0.119. The molecule has 0 atom stereocenters. The quantitative estimate of drug-likeness (QED) is 0.853. The normalized spacial score (nSPS) is 14.2. The number of rotatable bonds is 4. The highest BCUT2D eigenvalue weighted by molar-refractivity contribution is 7.16. The molecule has 1 heterocycles. The Bertz CT molecular complexity index is 449. The third-order valence-corrected chi connectivity index (χ3v) is 3.33. The number of aromatic nitrogens is 1. The standard InChI is InChI=1S/C9H9ClN4OS/c10-8-6(3-11)16-9(14-8)12-4-7(15)13-5-1-2-5/h5H,1-2,4H2,(H,12,14)(H,13,15). The molecule has 16 heavy (non-hydrogen) atoms. The summed E-state index contributed by atoms with van der Waals surface area (Å²) in [5.41, 5.74) is 0. The molecule has 0 unspecified atom stereocenters. The molecule has 0 radical (unpaired) electrons. The number of nitrogens with one attached hydrogen (secondary N) is 2. The van der Waals surface area contributed by atoms with Crippen molar-refractivity contribution in [3.05, 3.63) is 10.0 Å². The predicted molar refractivity (Wildman–Crippen MR) is 61.5 cm³/mol. The Morgan fingerprint density at radius 1 is 1.69 bits per heavy atom. The average molecular weight is 257 g/mol. The molecule has 0 spiro atoms. The number of carbonyl (C=O) groups is 1. The number of carbonyl (C=O) groups excluding carboxylic acids is 1. The summed E-state index contributed by atoms with van der Waals surface area (Å²) in [5.74, 6) is -0.0627. The molecule has 1 saturated carbocycles. The van der Waals surface area contributed by atoms with Gasteiger partial charge in [-0.1, -0.05) is 22.9 Å². The van der Waals surface area contributed by atoms with E-state index in [9.17, 15) is 4.79 Å². The van der Waals surface area contributed by atoms with Gasteiger partial charge in [-0.25, -0.2) is 4.98 Å². The van der Waals surface area contributed by atoms with E-state index in [0.29, 0.717) is 16.1 Å². The molecule has 84 valence electrons. The second-order valence-corrected chi connectivity index (χ2v) is 4.80. The largest absolute Gasteiger partial charge is 0.352 e. The summed E-state index contributed by atoms with van der Waals surface area (Å²) in [6.07, 6.45) is 2.13. The van der Waals surface area contributed by atoms with Crippen molar-refractivity contribution in [2.24, 2.45) is 0 Å². The fourth-order valence-electron chi connectivity index (χ4n) is 1.11. The van der Waals surface area contributed by atoms with Crippen LogP contribution in [0, 0.1) is 11.3 Å². The molecule has 0 aromatic carbocycles. The Balaban J connectivity index is 1.84. The van der Waals surface area contributed by atoms with E-state index < -0.39 is 0 Å². The molecule has 0 bridgehead atoms. The molecule has 5 nitrogen and oxygen atoms in total. The number of amides is 1. The van der Waals surface area contributed by atoms with Gasteiger partial charge in [0, 0.05) is 6.04 Å². The first-order valence-electron chi connectivity index (χ1n) is 4.78. The molecule has 2 N–H and O–H groups in total. The number of hydrogen-bond acceptors (Lipinski definition) is 5. The topological polar surface area (TPSA) is 77.8 Å². The summed E-state index contributed by atoms with van der Waals surface area (Å²) < 4.78 is 0. The summed E-state index contributed by atoms with van der Waals surface area (Å²) in [4.78, 5) is 15.6. The van der Waals surface area contributed by atoms with Gasteiger partial charge in [-0.2, -0.15) is 5.26 Å². The van der Waals surface area contributed by atoms with Crippen LogP contribution in [-0.2, 0) is 4.79 Å². The maximum Gasteiger partial charge on any atom is 0.239 e. The summed E-state index contributed by atoms with van der Waals surface area (Å²) in [7, 11) is 0. The fourth-order valence-corrected chi connectivity index (χ4v) is 2.05. The zero-order valence-corrected chi connectivity index (χ0v) is 9.86. The molecule has 0 saturated heterocycles. The first-order chi connectivity index (χ1) is 7.69. The first kappa shape index (κ1) is 11.2. The Hall–Kier alpha value is -1.32. The Labute approximate surface area is 101 Å². The average Bonchev–Trinajstić information content (AvgIpc) is 2.98. The van der Waals surface area contributed by atoms with Crippen LogP contribution in [0.3, 0.4) is 0 Å². The van der Waals surface area contributed by atoms with Gasteiger partial charge in [-0.05, 0) is 12.8 Å². The van der Waals surface area contributed by atoms with Gasteiger partial charge in [-0.15, -0.1) is 0 Å². The van der Waals surface area contributed by atoms with Crippen LogP contribution >= 0.6 is 22.9 Å². The van der Waals surface area contributed by atoms with Gasteiger partial charge in [0.05, 0.1) is 6.54 Å². The van der Waals surface area contributed by atoms with Crippen LogP contribution < -0.4 is 10.6 Å². The van der Waals surface area contributed by atoms with Crippen molar-refractivity contribution in [3.63, 3.8) is 0 Å². The van der Waals surface area contributed by atoms with E-state index >= 15 is 0 Å². The van der Waals surface area contributed by atoms with Gasteiger partial charge in [0.15, 0.2) is 10.3 Å². The van der Waals surface area contributed by atoms with Gasteiger partial charge < -0.3 is 10.6 Å². The van der Waals surface area contributed by atoms with Crippen LogP contribution in [0.4, 0.5) is 5.13 Å². The van der Waals surface area contributed by atoms with Gasteiger partial charge in [0.2, 0.25) is 5.91 Å². The van der Waals surface area contributed by atoms with Crippen molar-refractivity contribution < 1.29 is 4.79 Å². The maximum absolute atomic E-state index is 11.3. The van der Waals surface area contributed by atoms with E-state index in [1.54, 1.807) is 0 Å². The second kappa shape index (κ2) is 4.68. The minimum Gasteiger partial charge on any atom is -0.352 e. The first-order valence-corrected chi connectivity index (χ1v) is 5.98. The van der Waals surface area contributed by atoms with Gasteiger partial charge >= 0.3 is 0 Å². The number of anilines is 1. The molecule has 1 aromatic heterocycles. The zero-order valence-electron chi connectivity index (χ0n) is 8.29. The van der Waals surface area contributed by atoms with E-state index in [4.69, 9.17) is 16.9 Å². The fraction of sp³-hybridized carbons (Fsp3) is 0.444. The van der Waals surface area contributed by atoms with Crippen molar-refractivity contribution in [1.82, 2.24) is 10.3 Å². The zero-order chi connectivity index (χ0) is 11.5. The van der Waals surface area contributed by atoms with Gasteiger partial charge in [-0.3, -0.25) is 4.79 Å². The SMILES string of the molecule is N#Cc1sc(NCC(=O)NC2CC2)nc1Cl. The summed E-state index contributed by atoms with van der Waals surface area (Å²) in [6, 6.07) is 2.28. The lowest BCUT2D eigenvalue weighted by Gasteiger charge is -2.03. The van der Waals surface area contributed by atoms with Crippen LogP contribution in [0.1, 0.15) is 17.7 Å². The molecule has 7 heteroatoms. The van der Waals surface area contributed by atoms with Crippen LogP contribution in [0.5, 0.6) is 0 Å². The maximum atomic E-state index is 11.3. The van der Waals surface area contributed by atoms with Crippen molar-refractivity contribution >= 4 is 34.0 Å². The number of thiazole rings is 1. The van der Waals surface area contributed by atoms with Crippen molar-refractivity contribution in [3.8, 4) is 6.07 Å². The molecule has 1 fully saturated rings. The Kier molecular flexibility index (Phi) is 3.27. The predicted octanol–water partition coefficient (Wildman–Crippen LogP) is 1.36. The van der Waals surface area contributed by atoms with Crippen molar-refractivity contribution in [1.29, 1.82) is 5.26 Å². The third-order valence-electron chi connectivity index (χ3n) is 2.03. The number of hydrogen-bond donors (Lipinski definition) is 2. The highest BCUT2D eigenvalue weighted by Crippen LogP contribution is 2.25. The molecular weight excluding hydrogens is 248 g/mol. The molecular formula is C9H9ClN4OS. The Morgan fingerprint density at radius 3 is 3.00 bits per heavy atom. The third kappa shape index (κ3) is 2.84. The van der Waals surface area contributed by atoms with E-state index in [1.807, 2.05) is 6.07 Å². The van der Waals surface area contributed by atoms with Crippen LogP contribution in [-0.4, -0.2) is 23.5 Å². The minimum absolute atomic E-state index is 0.0627. The summed E-state index contributed by atoms with van der Waals surface area (Å²) in [6.45, 7) is 0.158. The van der Waals surface area contributed by atoms with Crippen molar-refractivity contribution in [2.45, 2.75) is 18.9 Å². The van der Waals surface area contributed by atoms with Crippen LogP contribution in [0.15, 0.2) is 0 Å². The van der Waals surface area contributed by atoms with Crippen LogP contribution in [0.25, 0.3) is 0 Å². The van der Waals surface area contributed by atoms with E-state index in [-0.39, 0.29) is 17.6 Å². The van der Waals surface area contributed by atoms with E-state index in [0.717, 1.165) is 24.2 Å². The highest BCUT2D eigenvalue weighted by atomic mass is 35.5. The smallest absolute Gasteiger partial charge is 0.239 e. The molecule has 0 aliphatic heterocycles. The summed E-state index contributed by atoms with van der Waals surface area (Å²) in [5, 5.41) is 15.0. The number of halogens is 1. The molecule has 1 aliphatic rings. The van der Waals surface area contributed by atoms with Crippen molar-refractivity contribution in [2.75, 3.05) is 11.9 Å². The molecule has 1 aliphatic carbocycles.